The van der Waals surface area contributed by atoms with Gasteiger partial charge in [0, 0.05) is 34.6 Å². The van der Waals surface area contributed by atoms with E-state index in [1.807, 2.05) is 26.0 Å². The average Bonchev–Trinajstić information content (AvgIpc) is 3.39. The van der Waals surface area contributed by atoms with Crippen molar-refractivity contribution in [3.05, 3.63) is 99.7 Å². The highest BCUT2D eigenvalue weighted by atomic mass is 35.5. The van der Waals surface area contributed by atoms with Crippen LogP contribution in [0.25, 0.3) is 11.0 Å². The van der Waals surface area contributed by atoms with Crippen molar-refractivity contribution in [2.75, 3.05) is 12.0 Å². The Hall–Kier alpha value is -4.10. The Bertz CT molecular complexity index is 1520. The number of anilines is 1. The molecule has 1 aliphatic heterocycles. The van der Waals surface area contributed by atoms with E-state index in [0.717, 1.165) is 11.1 Å². The number of carbonyl (C=O) groups is 2. The van der Waals surface area contributed by atoms with Crippen LogP contribution in [0.5, 0.6) is 5.75 Å². The quantitative estimate of drug-likeness (QED) is 0.352. The fraction of sp³-hybridized carbons (Fsp3) is 0.148. The molecular formula is C27H21ClN2O5. The van der Waals surface area contributed by atoms with Crippen LogP contribution in [0.15, 0.2) is 76.7 Å². The predicted molar refractivity (Wildman–Crippen MR) is 132 cm³/mol. The van der Waals surface area contributed by atoms with Crippen LogP contribution >= 0.6 is 11.6 Å². The van der Waals surface area contributed by atoms with Crippen LogP contribution < -0.4 is 9.64 Å². The highest BCUT2D eigenvalue weighted by molar-refractivity contribution is 6.31. The number of aromatic nitrogens is 1. The first-order valence-electron chi connectivity index (χ1n) is 10.9. The molecule has 1 atom stereocenters. The number of Topliss-reactive ketones (excluding diaryl/α,β-unsaturated/α-hetero) is 1. The number of hydrogen-bond donors (Lipinski definition) is 1. The Morgan fingerprint density at radius 2 is 1.97 bits per heavy atom. The molecule has 0 spiro atoms. The van der Waals surface area contributed by atoms with Crippen molar-refractivity contribution >= 4 is 39.9 Å². The van der Waals surface area contributed by atoms with Crippen LogP contribution in [-0.4, -0.2) is 28.9 Å². The van der Waals surface area contributed by atoms with Crippen molar-refractivity contribution in [3.63, 3.8) is 0 Å². The molecule has 0 saturated heterocycles. The highest BCUT2D eigenvalue weighted by Crippen LogP contribution is 2.44. The van der Waals surface area contributed by atoms with E-state index in [-0.39, 0.29) is 11.3 Å². The highest BCUT2D eigenvalue weighted by Gasteiger charge is 2.46. The van der Waals surface area contributed by atoms with Crippen LogP contribution in [0, 0.1) is 13.8 Å². The van der Waals surface area contributed by atoms with Crippen molar-refractivity contribution in [2.45, 2.75) is 19.9 Å². The summed E-state index contributed by atoms with van der Waals surface area (Å²) in [6, 6.07) is 12.9. The summed E-state index contributed by atoms with van der Waals surface area (Å²) < 4.78 is 11.2. The maximum atomic E-state index is 13.8. The normalized spacial score (nSPS) is 15.8. The second kappa shape index (κ2) is 8.60. The number of methoxy groups -OCH3 is 1. The molecule has 0 fully saturated rings. The average molecular weight is 489 g/mol. The first-order chi connectivity index (χ1) is 16.8. The molecule has 5 rings (SSSR count). The summed E-state index contributed by atoms with van der Waals surface area (Å²) in [5.74, 6) is -1.60. The number of rotatable bonds is 5. The standard InChI is InChI=1S/C27H21ClN2O5/c1-14-6-4-8-19(15(14)2)30-23(16-7-5-9-29-13-16)22(25(32)27(30)33)24(31)20-11-17-10-18(28)12-21(34-3)26(17)35-20/h4-13,23,32H,1-3H3. The third-order valence-corrected chi connectivity index (χ3v) is 6.50. The zero-order valence-electron chi connectivity index (χ0n) is 19.2. The fourth-order valence-electron chi connectivity index (χ4n) is 4.42. The minimum absolute atomic E-state index is 0.0494. The minimum Gasteiger partial charge on any atom is -0.503 e. The van der Waals surface area contributed by atoms with Crippen LogP contribution in [0.4, 0.5) is 5.69 Å². The van der Waals surface area contributed by atoms with Crippen molar-refractivity contribution in [1.82, 2.24) is 4.98 Å². The third kappa shape index (κ3) is 3.65. The van der Waals surface area contributed by atoms with Gasteiger partial charge in [0.2, 0.25) is 5.78 Å². The zero-order chi connectivity index (χ0) is 24.9. The number of halogens is 1. The molecule has 1 unspecified atom stereocenters. The lowest BCUT2D eigenvalue weighted by molar-refractivity contribution is -0.117. The topological polar surface area (TPSA) is 92.9 Å². The number of aryl methyl sites for hydroxylation is 1. The third-order valence-electron chi connectivity index (χ3n) is 6.28. The fourth-order valence-corrected chi connectivity index (χ4v) is 4.63. The molecule has 3 heterocycles. The minimum atomic E-state index is -0.900. The van der Waals surface area contributed by atoms with Gasteiger partial charge in [0.15, 0.2) is 22.9 Å². The van der Waals surface area contributed by atoms with E-state index in [2.05, 4.69) is 4.98 Å². The number of aliphatic hydroxyl groups excluding tert-OH is 1. The number of carbonyl (C=O) groups excluding carboxylic acids is 2. The first-order valence-corrected chi connectivity index (χ1v) is 11.2. The Morgan fingerprint density at radius 1 is 1.17 bits per heavy atom. The Kier molecular flexibility index (Phi) is 5.57. The monoisotopic (exact) mass is 488 g/mol. The van der Waals surface area contributed by atoms with Gasteiger partial charge in [0.05, 0.1) is 18.7 Å². The molecule has 0 aliphatic carbocycles. The maximum absolute atomic E-state index is 13.8. The molecule has 0 bridgehead atoms. The summed E-state index contributed by atoms with van der Waals surface area (Å²) in [4.78, 5) is 32.8. The van der Waals surface area contributed by atoms with Crippen molar-refractivity contribution in [1.29, 1.82) is 0 Å². The van der Waals surface area contributed by atoms with Gasteiger partial charge < -0.3 is 14.3 Å². The van der Waals surface area contributed by atoms with Crippen molar-refractivity contribution in [2.24, 2.45) is 0 Å². The van der Waals surface area contributed by atoms with Gasteiger partial charge in [-0.1, -0.05) is 29.8 Å². The van der Waals surface area contributed by atoms with E-state index in [9.17, 15) is 14.7 Å². The number of fused-ring (bicyclic) bond motifs is 1. The molecular weight excluding hydrogens is 468 g/mol. The molecule has 1 amide bonds. The summed E-state index contributed by atoms with van der Waals surface area (Å²) in [6.07, 6.45) is 3.17. The lowest BCUT2D eigenvalue weighted by Gasteiger charge is -2.28. The second-order valence-electron chi connectivity index (χ2n) is 8.31. The molecule has 0 saturated carbocycles. The number of nitrogens with zero attached hydrogens (tertiary/aromatic N) is 2. The van der Waals surface area contributed by atoms with Gasteiger partial charge in [-0.05, 0) is 54.8 Å². The number of aliphatic hydroxyl groups is 1. The lowest BCUT2D eigenvalue weighted by Crippen LogP contribution is -2.31. The molecule has 1 N–H and O–H groups in total. The van der Waals surface area contributed by atoms with Gasteiger partial charge in [-0.25, -0.2) is 0 Å². The van der Waals surface area contributed by atoms with Crippen LogP contribution in [0.2, 0.25) is 5.02 Å². The van der Waals surface area contributed by atoms with E-state index < -0.39 is 23.5 Å². The molecule has 0 radical (unpaired) electrons. The molecule has 2 aromatic heterocycles. The van der Waals surface area contributed by atoms with Crippen molar-refractivity contribution < 1.29 is 23.8 Å². The van der Waals surface area contributed by atoms with Gasteiger partial charge in [0.1, 0.15) is 0 Å². The van der Waals surface area contributed by atoms with Gasteiger partial charge in [-0.15, -0.1) is 0 Å². The van der Waals surface area contributed by atoms with E-state index in [4.69, 9.17) is 20.8 Å². The number of amides is 1. The van der Waals surface area contributed by atoms with Gasteiger partial charge in [0.25, 0.3) is 5.91 Å². The summed E-state index contributed by atoms with van der Waals surface area (Å²) in [5.41, 5.74) is 3.25. The van der Waals surface area contributed by atoms with E-state index in [1.54, 1.807) is 42.7 Å². The molecule has 1 aliphatic rings. The summed E-state index contributed by atoms with van der Waals surface area (Å²) in [7, 11) is 1.47. The first kappa shape index (κ1) is 22.7. The number of ether oxygens (including phenoxy) is 1. The Balaban J connectivity index is 1.68. The van der Waals surface area contributed by atoms with Gasteiger partial charge >= 0.3 is 0 Å². The smallest absolute Gasteiger partial charge is 0.294 e. The summed E-state index contributed by atoms with van der Waals surface area (Å²) in [5, 5.41) is 12.0. The van der Waals surface area contributed by atoms with E-state index >= 15 is 0 Å². The number of hydrogen-bond acceptors (Lipinski definition) is 6. The van der Waals surface area contributed by atoms with Gasteiger partial charge in [-0.3, -0.25) is 19.5 Å². The second-order valence-corrected chi connectivity index (χ2v) is 8.75. The molecule has 35 heavy (non-hydrogen) atoms. The molecule has 176 valence electrons. The van der Waals surface area contributed by atoms with Crippen LogP contribution in [0.3, 0.4) is 0 Å². The molecule has 4 aromatic rings. The molecule has 2 aromatic carbocycles. The Labute approximate surface area is 206 Å². The zero-order valence-corrected chi connectivity index (χ0v) is 20.0. The Morgan fingerprint density at radius 3 is 2.69 bits per heavy atom. The number of pyridine rings is 1. The SMILES string of the molecule is COc1cc(Cl)cc2cc(C(=O)C3=C(O)C(=O)N(c4cccc(C)c4C)C3c3cccnc3)oc12. The summed E-state index contributed by atoms with van der Waals surface area (Å²) in [6.45, 7) is 3.83. The van der Waals surface area contributed by atoms with Gasteiger partial charge in [-0.2, -0.15) is 0 Å². The number of furan rings is 1. The number of ketones is 1. The van der Waals surface area contributed by atoms with Crippen LogP contribution in [0.1, 0.15) is 33.3 Å². The van der Waals surface area contributed by atoms with Crippen LogP contribution in [-0.2, 0) is 4.79 Å². The number of benzene rings is 2. The predicted octanol–water partition coefficient (Wildman–Crippen LogP) is 5.89. The van der Waals surface area contributed by atoms with E-state index in [0.29, 0.717) is 33.0 Å². The lowest BCUT2D eigenvalue weighted by atomic mass is 9.95. The maximum Gasteiger partial charge on any atom is 0.294 e. The van der Waals surface area contributed by atoms with E-state index in [1.165, 1.54) is 18.1 Å². The summed E-state index contributed by atoms with van der Waals surface area (Å²) >= 11 is 6.16. The van der Waals surface area contributed by atoms with Crippen molar-refractivity contribution in [3.8, 4) is 5.75 Å². The molecule has 8 heteroatoms. The largest absolute Gasteiger partial charge is 0.503 e. The molecule has 7 nitrogen and oxygen atoms in total.